The van der Waals surface area contributed by atoms with Crippen LogP contribution in [0.15, 0.2) is 12.7 Å². The van der Waals surface area contributed by atoms with Crippen molar-refractivity contribution >= 4 is 17.9 Å². The molecule has 0 bridgehead atoms. The van der Waals surface area contributed by atoms with Gasteiger partial charge in [0.05, 0.1) is 26.2 Å². The van der Waals surface area contributed by atoms with Crippen LogP contribution in [0, 0.1) is 17.8 Å². The SMILES string of the molecule is C=CCCCCCCCCCCC[N+](CC(C)C(=O)O)(CC(C)C(=O)O)CC(C)C(=O)O. The maximum absolute atomic E-state index is 11.5. The van der Waals surface area contributed by atoms with E-state index in [1.54, 1.807) is 20.8 Å². The van der Waals surface area contributed by atoms with Crippen LogP contribution in [0.4, 0.5) is 0 Å². The van der Waals surface area contributed by atoms with Crippen molar-refractivity contribution in [1.29, 1.82) is 0 Å². The van der Waals surface area contributed by atoms with Crippen LogP contribution in [0.25, 0.3) is 0 Å². The third-order valence-electron chi connectivity index (χ3n) is 6.29. The molecule has 0 rings (SSSR count). The van der Waals surface area contributed by atoms with E-state index in [1.807, 2.05) is 6.08 Å². The normalized spacial score (nSPS) is 16.0. The molecular formula is C25H46NO6+. The Morgan fingerprint density at radius 3 is 1.28 bits per heavy atom. The zero-order valence-electron chi connectivity index (χ0n) is 20.4. The third-order valence-corrected chi connectivity index (χ3v) is 6.29. The highest BCUT2D eigenvalue weighted by molar-refractivity contribution is 5.70. The number of hydrogen-bond donors (Lipinski definition) is 3. The lowest BCUT2D eigenvalue weighted by Crippen LogP contribution is -2.57. The number of carboxylic acids is 3. The fourth-order valence-electron chi connectivity index (χ4n) is 4.45. The number of aliphatic carboxylic acids is 3. The molecular weight excluding hydrogens is 410 g/mol. The lowest BCUT2D eigenvalue weighted by atomic mass is 10.00. The highest BCUT2D eigenvalue weighted by Crippen LogP contribution is 2.22. The van der Waals surface area contributed by atoms with E-state index in [0.29, 0.717) is 6.54 Å². The van der Waals surface area contributed by atoms with Gasteiger partial charge in [0.2, 0.25) is 0 Å². The van der Waals surface area contributed by atoms with Crippen molar-refractivity contribution in [1.82, 2.24) is 0 Å². The maximum atomic E-state index is 11.5. The number of allylic oxidation sites excluding steroid dienone is 1. The molecule has 3 N–H and O–H groups in total. The first-order valence-corrected chi connectivity index (χ1v) is 12.2. The minimum absolute atomic E-state index is 0.220. The van der Waals surface area contributed by atoms with Crippen LogP contribution in [0.1, 0.15) is 85.0 Å². The Bertz CT molecular complexity index is 522. The molecule has 186 valence electrons. The number of quaternary nitrogens is 1. The molecule has 0 saturated heterocycles. The molecule has 0 fully saturated rings. The lowest BCUT2D eigenvalue weighted by Gasteiger charge is -2.42. The lowest BCUT2D eigenvalue weighted by molar-refractivity contribution is -0.934. The van der Waals surface area contributed by atoms with Crippen molar-refractivity contribution in [2.24, 2.45) is 17.8 Å². The largest absolute Gasteiger partial charge is 0.481 e. The zero-order valence-corrected chi connectivity index (χ0v) is 20.4. The predicted octanol–water partition coefficient (Wildman–Crippen LogP) is 5.05. The van der Waals surface area contributed by atoms with E-state index < -0.39 is 35.7 Å². The Morgan fingerprint density at radius 1 is 0.656 bits per heavy atom. The van der Waals surface area contributed by atoms with Crippen LogP contribution in [-0.4, -0.2) is 63.9 Å². The number of carbonyl (C=O) groups is 3. The van der Waals surface area contributed by atoms with E-state index in [-0.39, 0.29) is 24.1 Å². The van der Waals surface area contributed by atoms with E-state index in [4.69, 9.17) is 0 Å². The summed E-state index contributed by atoms with van der Waals surface area (Å²) >= 11 is 0. The topological polar surface area (TPSA) is 112 Å². The molecule has 0 aromatic rings. The minimum atomic E-state index is -0.938. The molecule has 0 radical (unpaired) electrons. The first-order chi connectivity index (χ1) is 15.0. The van der Waals surface area contributed by atoms with Gasteiger partial charge in [0.1, 0.15) is 17.8 Å². The Morgan fingerprint density at radius 2 is 0.969 bits per heavy atom. The smallest absolute Gasteiger partial charge is 0.311 e. The summed E-state index contributed by atoms with van der Waals surface area (Å²) in [5.41, 5.74) is 0. The van der Waals surface area contributed by atoms with Crippen LogP contribution in [0.2, 0.25) is 0 Å². The second kappa shape index (κ2) is 16.7. The van der Waals surface area contributed by atoms with Crippen molar-refractivity contribution in [3.05, 3.63) is 12.7 Å². The van der Waals surface area contributed by atoms with Gasteiger partial charge in [0.25, 0.3) is 0 Å². The van der Waals surface area contributed by atoms with Gasteiger partial charge in [-0.05, 0) is 46.5 Å². The summed E-state index contributed by atoms with van der Waals surface area (Å²) < 4.78 is 0.220. The van der Waals surface area contributed by atoms with Gasteiger partial charge in [0, 0.05) is 0 Å². The summed E-state index contributed by atoms with van der Waals surface area (Å²) in [6.07, 6.45) is 13.3. The second-order valence-electron chi connectivity index (χ2n) is 9.59. The van der Waals surface area contributed by atoms with Gasteiger partial charge in [-0.3, -0.25) is 14.4 Å². The monoisotopic (exact) mass is 456 g/mol. The quantitative estimate of drug-likeness (QED) is 0.127. The molecule has 0 heterocycles. The Balaban J connectivity index is 4.89. The van der Waals surface area contributed by atoms with Crippen LogP contribution >= 0.6 is 0 Å². The average molecular weight is 457 g/mol. The first kappa shape index (κ1) is 30.1. The Kier molecular flexibility index (Phi) is 15.7. The summed E-state index contributed by atoms with van der Waals surface area (Å²) in [7, 11) is 0. The van der Waals surface area contributed by atoms with Crippen LogP contribution < -0.4 is 0 Å². The van der Waals surface area contributed by atoms with E-state index in [9.17, 15) is 29.7 Å². The standard InChI is InChI=1S/C25H45NO6/c1-5-6-7-8-9-10-11-12-13-14-15-16-26(17-20(2)23(27)28,18-21(3)24(29)30)19-22(4)25(31)32/h5,20-22H,1,6-19H2,2-4H3,(H2-,27,28,29,30,31,32)/p+1. The van der Waals surface area contributed by atoms with Crippen LogP contribution in [-0.2, 0) is 14.4 Å². The van der Waals surface area contributed by atoms with Crippen molar-refractivity contribution < 1.29 is 34.2 Å². The average Bonchev–Trinajstić information content (AvgIpc) is 2.71. The Hall–Kier alpha value is -1.89. The molecule has 0 spiro atoms. The number of nitrogens with zero attached hydrogens (tertiary/aromatic N) is 1. The summed E-state index contributed by atoms with van der Waals surface area (Å²) in [6.45, 7) is 9.92. The highest BCUT2D eigenvalue weighted by Gasteiger charge is 2.38. The van der Waals surface area contributed by atoms with Gasteiger partial charge in [0.15, 0.2) is 0 Å². The van der Waals surface area contributed by atoms with Crippen LogP contribution in [0.5, 0.6) is 0 Å². The summed E-state index contributed by atoms with van der Waals surface area (Å²) in [5, 5.41) is 28.3. The molecule has 0 aliphatic rings. The maximum Gasteiger partial charge on any atom is 0.311 e. The van der Waals surface area contributed by atoms with E-state index >= 15 is 0 Å². The molecule has 7 nitrogen and oxygen atoms in total. The highest BCUT2D eigenvalue weighted by atomic mass is 16.4. The van der Waals surface area contributed by atoms with E-state index in [1.165, 1.54) is 32.1 Å². The van der Waals surface area contributed by atoms with Crippen LogP contribution in [0.3, 0.4) is 0 Å². The van der Waals surface area contributed by atoms with Crippen molar-refractivity contribution in [3.63, 3.8) is 0 Å². The number of rotatable bonds is 21. The molecule has 0 aliphatic heterocycles. The van der Waals surface area contributed by atoms with Gasteiger partial charge in [-0.1, -0.05) is 44.6 Å². The number of unbranched alkanes of at least 4 members (excludes halogenated alkanes) is 9. The summed E-state index contributed by atoms with van der Waals surface area (Å²) in [4.78, 5) is 34.6. The number of carboxylic acid groups (broad SMARTS) is 3. The number of hydrogen-bond acceptors (Lipinski definition) is 3. The molecule has 0 aromatic heterocycles. The molecule has 32 heavy (non-hydrogen) atoms. The molecule has 3 unspecified atom stereocenters. The molecule has 3 atom stereocenters. The molecule has 0 aliphatic carbocycles. The van der Waals surface area contributed by atoms with Crippen molar-refractivity contribution in [2.45, 2.75) is 85.0 Å². The fourth-order valence-corrected chi connectivity index (χ4v) is 4.45. The van der Waals surface area contributed by atoms with E-state index in [2.05, 4.69) is 6.58 Å². The van der Waals surface area contributed by atoms with Gasteiger partial charge in [-0.15, -0.1) is 6.58 Å². The molecule has 7 heteroatoms. The van der Waals surface area contributed by atoms with Gasteiger partial charge in [-0.2, -0.15) is 0 Å². The molecule has 0 aromatic carbocycles. The van der Waals surface area contributed by atoms with E-state index in [0.717, 1.165) is 32.1 Å². The third kappa shape index (κ3) is 13.5. The zero-order chi connectivity index (χ0) is 24.6. The minimum Gasteiger partial charge on any atom is -0.481 e. The molecule has 0 saturated carbocycles. The van der Waals surface area contributed by atoms with Crippen molar-refractivity contribution in [3.8, 4) is 0 Å². The summed E-state index contributed by atoms with van der Waals surface area (Å²) in [5.74, 6) is -4.82. The molecule has 0 amide bonds. The van der Waals surface area contributed by atoms with Crippen molar-refractivity contribution in [2.75, 3.05) is 26.2 Å². The predicted molar refractivity (Wildman–Crippen MR) is 126 cm³/mol. The Labute approximate surface area is 194 Å². The summed E-state index contributed by atoms with van der Waals surface area (Å²) in [6, 6.07) is 0. The fraction of sp³-hybridized carbons (Fsp3) is 0.800. The van der Waals surface area contributed by atoms with Gasteiger partial charge >= 0.3 is 17.9 Å². The first-order valence-electron chi connectivity index (χ1n) is 12.2. The van der Waals surface area contributed by atoms with Gasteiger partial charge in [-0.25, -0.2) is 0 Å². The van der Waals surface area contributed by atoms with Gasteiger partial charge < -0.3 is 19.8 Å². The second-order valence-corrected chi connectivity index (χ2v) is 9.59.